The first-order valence-corrected chi connectivity index (χ1v) is 27.6. The summed E-state index contributed by atoms with van der Waals surface area (Å²) < 4.78 is 2.72. The molecule has 1 aliphatic carbocycles. The molecule has 4 aliphatic rings. The van der Waals surface area contributed by atoms with Crippen LogP contribution in [0.5, 0.6) is 0 Å². The number of anilines is 8. The van der Waals surface area contributed by atoms with Crippen LogP contribution in [-0.2, 0) is 27.1 Å². The molecule has 3 nitrogen and oxygen atoms in total. The summed E-state index contributed by atoms with van der Waals surface area (Å²) in [6.07, 6.45) is 4.84. The van der Waals surface area contributed by atoms with Gasteiger partial charge in [0.05, 0.1) is 15.5 Å². The van der Waals surface area contributed by atoms with E-state index in [1.165, 1.54) is 128 Å². The van der Waals surface area contributed by atoms with Crippen LogP contribution in [0.15, 0.2) is 121 Å². The second-order valence-corrected chi connectivity index (χ2v) is 27.9. The Kier molecular flexibility index (Phi) is 9.90. The molecule has 1 saturated carbocycles. The van der Waals surface area contributed by atoms with E-state index in [1.54, 1.807) is 0 Å². The van der Waals surface area contributed by atoms with Crippen molar-refractivity contribution in [1.29, 1.82) is 0 Å². The first-order chi connectivity index (χ1) is 33.0. The second-order valence-electron chi connectivity index (χ2n) is 25.8. The van der Waals surface area contributed by atoms with Crippen molar-refractivity contribution < 1.29 is 0 Å². The zero-order chi connectivity index (χ0) is 49.2. The average Bonchev–Trinajstić information content (AvgIpc) is 3.93. The summed E-state index contributed by atoms with van der Waals surface area (Å²) in [6, 6.07) is 48.6. The number of nitrogens with zero attached hydrogens (tertiary/aromatic N) is 3. The summed E-state index contributed by atoms with van der Waals surface area (Å²) in [7, 11) is 0. The van der Waals surface area contributed by atoms with Gasteiger partial charge in [-0.25, -0.2) is 0 Å². The maximum atomic E-state index is 2.81. The minimum atomic E-state index is -0.102. The predicted molar refractivity (Wildman–Crippen MR) is 309 cm³/mol. The molecule has 0 bridgehead atoms. The Morgan fingerprint density at radius 3 is 1.33 bits per heavy atom. The molecular weight excluding hydrogens is 886 g/mol. The molecule has 356 valence electrons. The minimum absolute atomic E-state index is 0.0177. The molecule has 1 fully saturated rings. The number of benzene rings is 6. The van der Waals surface area contributed by atoms with Crippen LogP contribution in [0.1, 0.15) is 150 Å². The van der Waals surface area contributed by atoms with Crippen molar-refractivity contribution >= 4 is 110 Å². The molecule has 5 heterocycles. The van der Waals surface area contributed by atoms with Crippen LogP contribution in [0.25, 0.3) is 20.2 Å². The molecule has 0 amide bonds. The SMILES string of the molecule is CC(C)(C)c1ccc(N2c3cc(N4c5ccccc5C5(C)CCCCC45C)cc4c3B(c3c2sc2cc(C(C)(C)C)ccc32)c2c(sc3cc(C(C)(C)C)ccc23)N4c2ccc(C(C)(C)C)cc2)cc1. The van der Waals surface area contributed by atoms with E-state index >= 15 is 0 Å². The monoisotopic (exact) mass is 956 g/mol. The summed E-state index contributed by atoms with van der Waals surface area (Å²) in [6.45, 7) is 33.2. The van der Waals surface area contributed by atoms with Gasteiger partial charge < -0.3 is 14.7 Å². The molecule has 0 N–H and O–H groups in total. The molecule has 6 aromatic carbocycles. The summed E-state index contributed by atoms with van der Waals surface area (Å²) in [5.41, 5.74) is 18.9. The van der Waals surface area contributed by atoms with Crippen molar-refractivity contribution in [3.05, 3.63) is 149 Å². The van der Waals surface area contributed by atoms with E-state index in [1.807, 2.05) is 22.7 Å². The molecule has 3 aliphatic heterocycles. The molecule has 0 radical (unpaired) electrons. The lowest BCUT2D eigenvalue weighted by Gasteiger charge is -2.51. The molecule has 8 aromatic rings. The van der Waals surface area contributed by atoms with Crippen LogP contribution in [0.4, 0.5) is 44.1 Å². The third-order valence-corrected chi connectivity index (χ3v) is 19.6. The first kappa shape index (κ1) is 45.8. The van der Waals surface area contributed by atoms with Crippen molar-refractivity contribution in [1.82, 2.24) is 0 Å². The van der Waals surface area contributed by atoms with E-state index in [4.69, 9.17) is 0 Å². The highest BCUT2D eigenvalue weighted by Gasteiger charge is 2.58. The fraction of sp³-hybridized carbons (Fsp3) is 0.375. The number of rotatable bonds is 3. The molecule has 70 heavy (non-hydrogen) atoms. The largest absolute Gasteiger partial charge is 0.334 e. The fourth-order valence-corrected chi connectivity index (χ4v) is 15.6. The Morgan fingerprint density at radius 2 is 0.871 bits per heavy atom. The predicted octanol–water partition coefficient (Wildman–Crippen LogP) is 17.1. The third-order valence-electron chi connectivity index (χ3n) is 17.3. The summed E-state index contributed by atoms with van der Waals surface area (Å²) in [4.78, 5) is 8.18. The van der Waals surface area contributed by atoms with Gasteiger partial charge in [-0.3, -0.25) is 0 Å². The number of thiophene rings is 2. The highest BCUT2D eigenvalue weighted by atomic mass is 32.1. The Hall–Kier alpha value is -5.30. The van der Waals surface area contributed by atoms with Crippen molar-refractivity contribution in [2.24, 2.45) is 0 Å². The summed E-state index contributed by atoms with van der Waals surface area (Å²) in [5.74, 6) is 0. The van der Waals surface area contributed by atoms with Gasteiger partial charge in [-0.2, -0.15) is 0 Å². The van der Waals surface area contributed by atoms with E-state index in [-0.39, 0.29) is 39.3 Å². The van der Waals surface area contributed by atoms with Gasteiger partial charge in [0.15, 0.2) is 0 Å². The molecule has 12 rings (SSSR count). The Bertz CT molecular complexity index is 3240. The van der Waals surface area contributed by atoms with Gasteiger partial charge in [-0.1, -0.05) is 170 Å². The zero-order valence-electron chi connectivity index (χ0n) is 44.1. The maximum Gasteiger partial charge on any atom is 0.256 e. The zero-order valence-corrected chi connectivity index (χ0v) is 45.7. The quantitative estimate of drug-likeness (QED) is 0.163. The van der Waals surface area contributed by atoms with Crippen LogP contribution in [-0.4, -0.2) is 12.3 Å². The molecule has 0 saturated heterocycles. The summed E-state index contributed by atoms with van der Waals surface area (Å²) in [5, 5.41) is 5.41. The Balaban J connectivity index is 1.23. The van der Waals surface area contributed by atoms with Gasteiger partial charge in [-0.15, -0.1) is 22.7 Å². The van der Waals surface area contributed by atoms with Gasteiger partial charge in [0.25, 0.3) is 6.71 Å². The van der Waals surface area contributed by atoms with E-state index < -0.39 is 0 Å². The van der Waals surface area contributed by atoms with Gasteiger partial charge in [0.2, 0.25) is 0 Å². The third kappa shape index (κ3) is 6.63. The topological polar surface area (TPSA) is 9.72 Å². The Labute approximate surface area is 426 Å². The molecular formula is C64H70BN3S2. The van der Waals surface area contributed by atoms with Gasteiger partial charge in [0, 0.05) is 48.9 Å². The van der Waals surface area contributed by atoms with Crippen molar-refractivity contribution in [2.45, 2.75) is 155 Å². The molecule has 0 spiro atoms. The average molecular weight is 956 g/mol. The highest BCUT2D eigenvalue weighted by molar-refractivity contribution is 7.29. The molecule has 2 unspecified atom stereocenters. The van der Waals surface area contributed by atoms with Gasteiger partial charge in [-0.05, 0) is 151 Å². The second kappa shape index (κ2) is 15.1. The van der Waals surface area contributed by atoms with Crippen molar-refractivity contribution in [3.8, 4) is 0 Å². The number of hydrogen-bond donors (Lipinski definition) is 0. The van der Waals surface area contributed by atoms with Crippen molar-refractivity contribution in [3.63, 3.8) is 0 Å². The molecule has 2 aromatic heterocycles. The lowest BCUT2D eigenvalue weighted by atomic mass is 9.33. The standard InChI is InChI=1S/C64H70BN3S2/c1-59(2,3)39-21-27-43(28-22-39)66-50-37-45(68-49-20-16-15-19-48(49)63(13)33-17-18-34-64(63,68)14)38-51-56(50)65(54-46-31-25-41(61(7,8)9)35-52(46)69-57(54)66)55-47-32-26-42(62(10,11)12)36-53(47)70-58(55)67(51)44-29-23-40(24-30-44)60(4,5)6/h15-16,19-32,35-38H,17-18,33-34H2,1-14H3. The maximum absolute atomic E-state index is 2.81. The minimum Gasteiger partial charge on any atom is -0.334 e. The molecule has 6 heteroatoms. The number of para-hydroxylation sites is 1. The van der Waals surface area contributed by atoms with Crippen LogP contribution in [0, 0.1) is 0 Å². The van der Waals surface area contributed by atoms with E-state index in [9.17, 15) is 0 Å². The van der Waals surface area contributed by atoms with Crippen LogP contribution in [0.2, 0.25) is 0 Å². The number of fused-ring (bicyclic) bond motifs is 11. The lowest BCUT2D eigenvalue weighted by Crippen LogP contribution is -2.61. The van der Waals surface area contributed by atoms with E-state index in [2.05, 4.69) is 233 Å². The Morgan fingerprint density at radius 1 is 0.443 bits per heavy atom. The first-order valence-electron chi connectivity index (χ1n) is 26.0. The van der Waals surface area contributed by atoms with Gasteiger partial charge >= 0.3 is 0 Å². The van der Waals surface area contributed by atoms with Crippen LogP contribution >= 0.6 is 22.7 Å². The van der Waals surface area contributed by atoms with Crippen LogP contribution in [0.3, 0.4) is 0 Å². The van der Waals surface area contributed by atoms with Crippen LogP contribution < -0.4 is 31.1 Å². The normalized spacial score (nSPS) is 19.9. The smallest absolute Gasteiger partial charge is 0.256 e. The van der Waals surface area contributed by atoms with E-state index in [0.29, 0.717) is 0 Å². The van der Waals surface area contributed by atoms with Crippen molar-refractivity contribution in [2.75, 3.05) is 14.7 Å². The highest BCUT2D eigenvalue weighted by Crippen LogP contribution is 2.62. The van der Waals surface area contributed by atoms with Gasteiger partial charge in [0.1, 0.15) is 0 Å². The summed E-state index contributed by atoms with van der Waals surface area (Å²) >= 11 is 3.98. The van der Waals surface area contributed by atoms with E-state index in [0.717, 1.165) is 6.42 Å². The lowest BCUT2D eigenvalue weighted by molar-refractivity contribution is 0.195. The number of hydrogen-bond acceptors (Lipinski definition) is 5. The molecule has 2 atom stereocenters. The fourth-order valence-electron chi connectivity index (χ4n) is 12.9.